The summed E-state index contributed by atoms with van der Waals surface area (Å²) in [6, 6.07) is 5.48. The summed E-state index contributed by atoms with van der Waals surface area (Å²) in [5.74, 6) is -0.0938. The summed E-state index contributed by atoms with van der Waals surface area (Å²) in [6.45, 7) is 4.50. The number of amides is 1. The van der Waals surface area contributed by atoms with E-state index in [0.29, 0.717) is 12.2 Å². The molecular formula is C14H19BrN2O2. The minimum absolute atomic E-state index is 0.0204. The first-order chi connectivity index (χ1) is 9.04. The molecule has 1 fully saturated rings. The molecule has 0 saturated heterocycles. The van der Waals surface area contributed by atoms with Crippen molar-refractivity contribution in [3.63, 3.8) is 0 Å². The Morgan fingerprint density at radius 2 is 2.32 bits per heavy atom. The van der Waals surface area contributed by atoms with Crippen LogP contribution < -0.4 is 11.1 Å². The third-order valence-electron chi connectivity index (χ3n) is 3.56. The number of nitrogens with one attached hydrogen (secondary N) is 1. The number of hydrogen-bond acceptors (Lipinski definition) is 3. The average molecular weight is 327 g/mol. The van der Waals surface area contributed by atoms with E-state index in [2.05, 4.69) is 21.2 Å². The topological polar surface area (TPSA) is 64.3 Å². The Hall–Kier alpha value is -0.910. The molecule has 1 aromatic carbocycles. The molecule has 1 saturated carbocycles. The van der Waals surface area contributed by atoms with Gasteiger partial charge in [-0.15, -0.1) is 0 Å². The van der Waals surface area contributed by atoms with E-state index in [-0.39, 0.29) is 24.1 Å². The minimum Gasteiger partial charge on any atom is -0.376 e. The van der Waals surface area contributed by atoms with Crippen molar-refractivity contribution in [2.75, 3.05) is 6.61 Å². The van der Waals surface area contributed by atoms with Crippen molar-refractivity contribution in [2.45, 2.75) is 38.5 Å². The number of carbonyl (C=O) groups is 1. The van der Waals surface area contributed by atoms with Gasteiger partial charge < -0.3 is 15.8 Å². The molecule has 0 aromatic heterocycles. The summed E-state index contributed by atoms with van der Waals surface area (Å²) in [4.78, 5) is 12.3. The van der Waals surface area contributed by atoms with Gasteiger partial charge in [-0.05, 0) is 38.0 Å². The van der Waals surface area contributed by atoms with Crippen molar-refractivity contribution in [3.05, 3.63) is 33.8 Å². The molecule has 1 aliphatic rings. The van der Waals surface area contributed by atoms with E-state index < -0.39 is 0 Å². The second-order valence-electron chi connectivity index (χ2n) is 4.80. The van der Waals surface area contributed by atoms with Crippen molar-refractivity contribution >= 4 is 21.8 Å². The number of hydrogen-bond donors (Lipinski definition) is 2. The number of nitrogens with two attached hydrogens (primary N) is 1. The third-order valence-corrected chi connectivity index (χ3v) is 4.42. The highest BCUT2D eigenvalue weighted by atomic mass is 79.9. The molecule has 0 bridgehead atoms. The van der Waals surface area contributed by atoms with Crippen LogP contribution in [-0.2, 0) is 4.74 Å². The zero-order chi connectivity index (χ0) is 14.0. The van der Waals surface area contributed by atoms with Gasteiger partial charge in [-0.2, -0.15) is 0 Å². The summed E-state index contributed by atoms with van der Waals surface area (Å²) in [5, 5.41) is 2.98. The highest BCUT2D eigenvalue weighted by Crippen LogP contribution is 2.24. The first-order valence-corrected chi connectivity index (χ1v) is 7.27. The van der Waals surface area contributed by atoms with E-state index in [1.807, 2.05) is 32.0 Å². The van der Waals surface area contributed by atoms with E-state index in [4.69, 9.17) is 10.5 Å². The Labute approximate surface area is 121 Å². The third kappa shape index (κ3) is 2.99. The quantitative estimate of drug-likeness (QED) is 0.889. The normalized spacial score (nSPS) is 25.8. The van der Waals surface area contributed by atoms with Crippen LogP contribution in [0.5, 0.6) is 0 Å². The van der Waals surface area contributed by atoms with Crippen molar-refractivity contribution in [3.8, 4) is 0 Å². The van der Waals surface area contributed by atoms with Crippen LogP contribution in [0, 0.1) is 6.92 Å². The molecule has 3 unspecified atom stereocenters. The number of benzene rings is 1. The van der Waals surface area contributed by atoms with Gasteiger partial charge in [-0.3, -0.25) is 4.79 Å². The maximum absolute atomic E-state index is 12.3. The molecule has 0 spiro atoms. The van der Waals surface area contributed by atoms with Gasteiger partial charge in [0.1, 0.15) is 0 Å². The van der Waals surface area contributed by atoms with Crippen LogP contribution in [-0.4, -0.2) is 30.7 Å². The molecule has 1 aliphatic carbocycles. The maximum Gasteiger partial charge on any atom is 0.251 e. The fourth-order valence-corrected chi connectivity index (χ4v) is 2.68. The fraction of sp³-hybridized carbons (Fsp3) is 0.500. The van der Waals surface area contributed by atoms with Gasteiger partial charge >= 0.3 is 0 Å². The molecule has 4 nitrogen and oxygen atoms in total. The molecule has 3 atom stereocenters. The van der Waals surface area contributed by atoms with Gasteiger partial charge in [-0.1, -0.05) is 22.0 Å². The second kappa shape index (κ2) is 6.03. The number of rotatable bonds is 4. The first kappa shape index (κ1) is 14.5. The average Bonchev–Trinajstić information content (AvgIpc) is 2.39. The fourth-order valence-electron chi connectivity index (χ4n) is 2.31. The van der Waals surface area contributed by atoms with Gasteiger partial charge in [-0.25, -0.2) is 0 Å². The lowest BCUT2D eigenvalue weighted by atomic mass is 9.83. The molecule has 0 heterocycles. The standard InChI is InChI=1S/C14H19BrN2O2/c1-3-19-12-7-11(16)13(12)17-14(18)9-5-4-6-10(15)8(9)2/h4-6,11-13H,3,7,16H2,1-2H3,(H,17,18). The molecule has 1 aromatic rings. The van der Waals surface area contributed by atoms with Gasteiger partial charge in [0.2, 0.25) is 0 Å². The van der Waals surface area contributed by atoms with E-state index in [1.165, 1.54) is 0 Å². The van der Waals surface area contributed by atoms with Gasteiger partial charge in [0.05, 0.1) is 12.1 Å². The van der Waals surface area contributed by atoms with Crippen LogP contribution in [0.2, 0.25) is 0 Å². The number of halogens is 1. The molecular weight excluding hydrogens is 308 g/mol. The monoisotopic (exact) mass is 326 g/mol. The first-order valence-electron chi connectivity index (χ1n) is 6.47. The highest BCUT2D eigenvalue weighted by Gasteiger charge is 2.40. The Morgan fingerprint density at radius 1 is 1.58 bits per heavy atom. The van der Waals surface area contributed by atoms with E-state index >= 15 is 0 Å². The molecule has 1 amide bonds. The highest BCUT2D eigenvalue weighted by molar-refractivity contribution is 9.10. The maximum atomic E-state index is 12.3. The zero-order valence-corrected chi connectivity index (χ0v) is 12.7. The smallest absolute Gasteiger partial charge is 0.251 e. The van der Waals surface area contributed by atoms with E-state index in [9.17, 15) is 4.79 Å². The lowest BCUT2D eigenvalue weighted by Gasteiger charge is -2.42. The predicted molar refractivity (Wildman–Crippen MR) is 78.1 cm³/mol. The number of carbonyl (C=O) groups excluding carboxylic acids is 1. The molecule has 5 heteroatoms. The SMILES string of the molecule is CCOC1CC(N)C1NC(=O)c1cccc(Br)c1C. The van der Waals surface area contributed by atoms with Crippen molar-refractivity contribution in [1.29, 1.82) is 0 Å². The van der Waals surface area contributed by atoms with Crippen molar-refractivity contribution in [2.24, 2.45) is 5.73 Å². The molecule has 3 N–H and O–H groups in total. The summed E-state index contributed by atoms with van der Waals surface area (Å²) in [7, 11) is 0. The summed E-state index contributed by atoms with van der Waals surface area (Å²) in [5.41, 5.74) is 7.54. The van der Waals surface area contributed by atoms with Crippen LogP contribution >= 0.6 is 15.9 Å². The van der Waals surface area contributed by atoms with E-state index in [0.717, 1.165) is 16.5 Å². The molecule has 0 aliphatic heterocycles. The van der Waals surface area contributed by atoms with E-state index in [1.54, 1.807) is 0 Å². The zero-order valence-electron chi connectivity index (χ0n) is 11.2. The van der Waals surface area contributed by atoms with Crippen LogP contribution in [0.25, 0.3) is 0 Å². The van der Waals surface area contributed by atoms with Crippen molar-refractivity contribution < 1.29 is 9.53 Å². The lowest BCUT2D eigenvalue weighted by Crippen LogP contribution is -2.64. The number of ether oxygens (including phenoxy) is 1. The molecule has 0 radical (unpaired) electrons. The lowest BCUT2D eigenvalue weighted by molar-refractivity contribution is -0.0300. The second-order valence-corrected chi connectivity index (χ2v) is 5.66. The summed E-state index contributed by atoms with van der Waals surface area (Å²) >= 11 is 3.43. The summed E-state index contributed by atoms with van der Waals surface area (Å²) < 4.78 is 6.48. The largest absolute Gasteiger partial charge is 0.376 e. The Balaban J connectivity index is 2.06. The Morgan fingerprint density at radius 3 is 2.95 bits per heavy atom. The van der Waals surface area contributed by atoms with Gasteiger partial charge in [0, 0.05) is 22.7 Å². The van der Waals surface area contributed by atoms with Crippen LogP contribution in [0.1, 0.15) is 29.3 Å². The Bertz CT molecular complexity index is 477. The summed E-state index contributed by atoms with van der Waals surface area (Å²) in [6.07, 6.45) is 0.840. The Kier molecular flexibility index (Phi) is 4.60. The van der Waals surface area contributed by atoms with Gasteiger partial charge in [0.25, 0.3) is 5.91 Å². The minimum atomic E-state index is -0.0938. The van der Waals surface area contributed by atoms with Crippen LogP contribution in [0.3, 0.4) is 0 Å². The van der Waals surface area contributed by atoms with Gasteiger partial charge in [0.15, 0.2) is 0 Å². The van der Waals surface area contributed by atoms with Crippen molar-refractivity contribution in [1.82, 2.24) is 5.32 Å². The predicted octanol–water partition coefficient (Wildman–Crippen LogP) is 1.99. The molecule has 2 rings (SSSR count). The van der Waals surface area contributed by atoms with Crippen LogP contribution in [0.4, 0.5) is 0 Å². The molecule has 19 heavy (non-hydrogen) atoms. The van der Waals surface area contributed by atoms with Crippen LogP contribution in [0.15, 0.2) is 22.7 Å². The molecule has 104 valence electrons.